The summed E-state index contributed by atoms with van der Waals surface area (Å²) in [6.07, 6.45) is 0.276. The highest BCUT2D eigenvalue weighted by atomic mass is 19.1. The first-order chi connectivity index (χ1) is 11.0. The molecule has 0 N–H and O–H groups in total. The fourth-order valence-corrected chi connectivity index (χ4v) is 3.02. The zero-order valence-electron chi connectivity index (χ0n) is 13.5. The summed E-state index contributed by atoms with van der Waals surface area (Å²) in [5.74, 6) is 0.0969. The molecule has 1 aliphatic rings. The minimum atomic E-state index is -1.86. The van der Waals surface area contributed by atoms with Crippen molar-refractivity contribution in [3.63, 3.8) is 0 Å². The average molecular weight is 316 g/mol. The van der Waals surface area contributed by atoms with Gasteiger partial charge in [0.1, 0.15) is 5.82 Å². The Morgan fingerprint density at radius 2 is 2.04 bits per heavy atom. The largest absolute Gasteiger partial charge is 0.464 e. The number of ether oxygens (including phenoxy) is 1. The summed E-state index contributed by atoms with van der Waals surface area (Å²) in [5.41, 5.74) is 0.222. The third-order valence-electron chi connectivity index (χ3n) is 4.43. The lowest BCUT2D eigenvalue weighted by molar-refractivity contribution is -0.158. The predicted octanol–water partition coefficient (Wildman–Crippen LogP) is 3.41. The van der Waals surface area contributed by atoms with E-state index in [9.17, 15) is 9.18 Å². The summed E-state index contributed by atoms with van der Waals surface area (Å²) in [5, 5.41) is 1.09. The molecule has 0 atom stereocenters. The average Bonchev–Trinajstić information content (AvgIpc) is 2.56. The molecule has 1 saturated heterocycles. The van der Waals surface area contributed by atoms with E-state index in [1.54, 1.807) is 6.92 Å². The molecule has 2 heterocycles. The fraction of sp³-hybridized carbons (Fsp3) is 0.444. The summed E-state index contributed by atoms with van der Waals surface area (Å²) in [6.45, 7) is 4.85. The van der Waals surface area contributed by atoms with Crippen LogP contribution in [0.5, 0.6) is 0 Å². The van der Waals surface area contributed by atoms with Gasteiger partial charge in [0.25, 0.3) is 0 Å². The number of pyridine rings is 1. The number of nitrogens with zero attached hydrogens (tertiary/aromatic N) is 2. The van der Waals surface area contributed by atoms with Gasteiger partial charge in [0, 0.05) is 31.3 Å². The molecule has 0 spiro atoms. The number of alkyl halides is 1. The highest BCUT2D eigenvalue weighted by molar-refractivity contribution is 5.83. The summed E-state index contributed by atoms with van der Waals surface area (Å²) in [6, 6.07) is 10.1. The van der Waals surface area contributed by atoms with Gasteiger partial charge in [-0.05, 0) is 31.5 Å². The van der Waals surface area contributed by atoms with Crippen LogP contribution in [0, 0.1) is 6.92 Å². The number of carbonyl (C=O) groups excluding carboxylic acids is 1. The molecule has 0 amide bonds. The van der Waals surface area contributed by atoms with Gasteiger partial charge < -0.3 is 9.64 Å². The molecule has 1 aliphatic heterocycles. The highest BCUT2D eigenvalue weighted by Crippen LogP contribution is 2.31. The Kier molecular flexibility index (Phi) is 4.20. The van der Waals surface area contributed by atoms with Crippen molar-refractivity contribution in [2.45, 2.75) is 32.4 Å². The van der Waals surface area contributed by atoms with Crippen LogP contribution in [0.4, 0.5) is 10.2 Å². The van der Waals surface area contributed by atoms with Gasteiger partial charge in [-0.25, -0.2) is 14.2 Å². The third-order valence-corrected chi connectivity index (χ3v) is 4.43. The number of hydrogen-bond acceptors (Lipinski definition) is 4. The van der Waals surface area contributed by atoms with Gasteiger partial charge in [-0.3, -0.25) is 0 Å². The first-order valence-corrected chi connectivity index (χ1v) is 8.01. The molecule has 0 unspecified atom stereocenters. The molecule has 23 heavy (non-hydrogen) atoms. The van der Waals surface area contributed by atoms with Crippen molar-refractivity contribution < 1.29 is 13.9 Å². The van der Waals surface area contributed by atoms with E-state index in [1.165, 1.54) is 0 Å². The van der Waals surface area contributed by atoms with Crippen LogP contribution < -0.4 is 4.90 Å². The van der Waals surface area contributed by atoms with E-state index in [0.717, 1.165) is 22.3 Å². The first-order valence-electron chi connectivity index (χ1n) is 8.01. The second-order valence-electron chi connectivity index (χ2n) is 5.99. The predicted molar refractivity (Wildman–Crippen MR) is 88.4 cm³/mol. The van der Waals surface area contributed by atoms with Crippen molar-refractivity contribution in [1.29, 1.82) is 0 Å². The van der Waals surface area contributed by atoms with Crippen LogP contribution in [0.2, 0.25) is 0 Å². The Bertz CT molecular complexity index is 724. The molecule has 3 rings (SSSR count). The molecular formula is C18H21FN2O2. The fourth-order valence-electron chi connectivity index (χ4n) is 3.02. The number of esters is 1. The smallest absolute Gasteiger partial charge is 0.344 e. The minimum absolute atomic E-state index is 0.138. The van der Waals surface area contributed by atoms with Crippen LogP contribution in [-0.2, 0) is 9.53 Å². The van der Waals surface area contributed by atoms with Gasteiger partial charge in [0.15, 0.2) is 0 Å². The summed E-state index contributed by atoms with van der Waals surface area (Å²) in [7, 11) is 0. The number of para-hydroxylation sites is 1. The maximum absolute atomic E-state index is 14.6. The van der Waals surface area contributed by atoms with Crippen LogP contribution >= 0.6 is 0 Å². The minimum Gasteiger partial charge on any atom is -0.464 e. The number of benzene rings is 1. The van der Waals surface area contributed by atoms with Crippen molar-refractivity contribution in [3.8, 4) is 0 Å². The number of rotatable bonds is 3. The molecule has 0 bridgehead atoms. The van der Waals surface area contributed by atoms with E-state index in [2.05, 4.69) is 0 Å². The molecule has 0 radical (unpaired) electrons. The Morgan fingerprint density at radius 3 is 2.74 bits per heavy atom. The lowest BCUT2D eigenvalue weighted by Crippen LogP contribution is -2.47. The Hall–Kier alpha value is -2.17. The lowest BCUT2D eigenvalue weighted by atomic mass is 9.93. The van der Waals surface area contributed by atoms with Crippen LogP contribution in [0.25, 0.3) is 10.9 Å². The summed E-state index contributed by atoms with van der Waals surface area (Å²) >= 11 is 0. The first kappa shape index (κ1) is 15.7. The Labute approximate surface area is 135 Å². The van der Waals surface area contributed by atoms with Crippen LogP contribution in [0.3, 0.4) is 0 Å². The number of aryl methyl sites for hydroxylation is 1. The Balaban J connectivity index is 1.77. The maximum Gasteiger partial charge on any atom is 0.344 e. The second-order valence-corrected chi connectivity index (χ2v) is 5.99. The molecule has 1 fully saturated rings. The molecule has 0 aliphatic carbocycles. The quantitative estimate of drug-likeness (QED) is 0.814. The van der Waals surface area contributed by atoms with E-state index in [1.807, 2.05) is 42.2 Å². The second kappa shape index (κ2) is 6.14. The standard InChI is InChI=1S/C18H21FN2O2/c1-3-23-17(22)18(19)9-11-21(12-10-18)15-8-7-14-6-4-5-13(2)16(14)20-15/h4-8H,3,9-12H2,1-2H3. The van der Waals surface area contributed by atoms with E-state index in [-0.39, 0.29) is 19.4 Å². The van der Waals surface area contributed by atoms with Gasteiger partial charge in [-0.15, -0.1) is 0 Å². The van der Waals surface area contributed by atoms with Crippen molar-refractivity contribution in [2.75, 3.05) is 24.6 Å². The Morgan fingerprint density at radius 1 is 1.30 bits per heavy atom. The van der Waals surface area contributed by atoms with Gasteiger partial charge >= 0.3 is 5.97 Å². The van der Waals surface area contributed by atoms with E-state index < -0.39 is 11.6 Å². The molecule has 5 heteroatoms. The molecule has 2 aromatic rings. The molecular weight excluding hydrogens is 295 g/mol. The number of piperidine rings is 1. The highest BCUT2D eigenvalue weighted by Gasteiger charge is 2.43. The van der Waals surface area contributed by atoms with Gasteiger partial charge in [-0.1, -0.05) is 18.2 Å². The maximum atomic E-state index is 14.6. The topological polar surface area (TPSA) is 42.4 Å². The number of halogens is 1. The van der Waals surface area contributed by atoms with Crippen molar-refractivity contribution in [1.82, 2.24) is 4.98 Å². The van der Waals surface area contributed by atoms with Crippen LogP contribution in [-0.4, -0.2) is 36.3 Å². The lowest BCUT2D eigenvalue weighted by Gasteiger charge is -2.35. The zero-order chi connectivity index (χ0) is 16.4. The normalized spacial score (nSPS) is 17.3. The van der Waals surface area contributed by atoms with E-state index >= 15 is 0 Å². The summed E-state index contributed by atoms with van der Waals surface area (Å²) < 4.78 is 19.5. The van der Waals surface area contributed by atoms with Gasteiger partial charge in [-0.2, -0.15) is 0 Å². The number of aromatic nitrogens is 1. The van der Waals surface area contributed by atoms with Gasteiger partial charge in [0.2, 0.25) is 5.67 Å². The monoisotopic (exact) mass is 316 g/mol. The number of hydrogen-bond donors (Lipinski definition) is 0. The van der Waals surface area contributed by atoms with Crippen molar-refractivity contribution in [3.05, 3.63) is 35.9 Å². The molecule has 1 aromatic carbocycles. The molecule has 4 nitrogen and oxygen atoms in total. The molecule has 1 aromatic heterocycles. The van der Waals surface area contributed by atoms with E-state index in [4.69, 9.17) is 9.72 Å². The van der Waals surface area contributed by atoms with Crippen LogP contribution in [0.1, 0.15) is 25.3 Å². The SMILES string of the molecule is CCOC(=O)C1(F)CCN(c2ccc3cccc(C)c3n2)CC1. The zero-order valence-corrected chi connectivity index (χ0v) is 13.5. The number of carbonyl (C=O) groups is 1. The van der Waals surface area contributed by atoms with Crippen LogP contribution in [0.15, 0.2) is 30.3 Å². The van der Waals surface area contributed by atoms with E-state index in [0.29, 0.717) is 13.1 Å². The van der Waals surface area contributed by atoms with Crippen molar-refractivity contribution >= 4 is 22.7 Å². The number of fused-ring (bicyclic) bond motifs is 1. The number of anilines is 1. The summed E-state index contributed by atoms with van der Waals surface area (Å²) in [4.78, 5) is 18.5. The van der Waals surface area contributed by atoms with Crippen molar-refractivity contribution in [2.24, 2.45) is 0 Å². The third kappa shape index (κ3) is 3.00. The van der Waals surface area contributed by atoms with Gasteiger partial charge in [0.05, 0.1) is 12.1 Å². The molecule has 122 valence electrons. The molecule has 0 saturated carbocycles.